The molecule has 1 heterocycles. The quantitative estimate of drug-likeness (QED) is 0.601. The Hall–Kier alpha value is -1.81. The van der Waals surface area contributed by atoms with Gasteiger partial charge in [0.05, 0.1) is 5.56 Å². The molecule has 106 valence electrons. The van der Waals surface area contributed by atoms with Crippen LogP contribution in [0.25, 0.3) is 0 Å². The lowest BCUT2D eigenvalue weighted by Crippen LogP contribution is -2.11. The van der Waals surface area contributed by atoms with E-state index in [0.717, 1.165) is 11.3 Å². The summed E-state index contributed by atoms with van der Waals surface area (Å²) in [4.78, 5) is 8.11. The van der Waals surface area contributed by atoms with Gasteiger partial charge in [-0.1, -0.05) is 43.6 Å². The van der Waals surface area contributed by atoms with Gasteiger partial charge in [0.1, 0.15) is 30.4 Å². The highest BCUT2D eigenvalue weighted by molar-refractivity contribution is 6.30. The maximum Gasteiger partial charge on any atom is 0.221 e. The second-order valence-electron chi connectivity index (χ2n) is 4.55. The number of rotatable bonds is 6. The first-order valence-electron chi connectivity index (χ1n) is 6.49. The number of benzene rings is 1. The van der Waals surface area contributed by atoms with Crippen LogP contribution in [0.1, 0.15) is 25.3 Å². The molecule has 0 saturated heterocycles. The number of ether oxygens (including phenoxy) is 2. The van der Waals surface area contributed by atoms with E-state index in [0.29, 0.717) is 24.2 Å². The first kappa shape index (κ1) is 14.6. The molecule has 0 amide bonds. The Balaban J connectivity index is 1.90. The van der Waals surface area contributed by atoms with Crippen molar-refractivity contribution in [3.63, 3.8) is 0 Å². The standard InChI is InChI=1S/C15H17ClN2O2/c1-11(2)13-14(16)17-10-18-15(13)20-9-8-19-12-6-4-3-5-7-12/h3-7,10-11H,8-9H2,1-2H3. The van der Waals surface area contributed by atoms with E-state index in [-0.39, 0.29) is 5.92 Å². The second-order valence-corrected chi connectivity index (χ2v) is 4.91. The van der Waals surface area contributed by atoms with Gasteiger partial charge in [-0.2, -0.15) is 0 Å². The Bertz CT molecular complexity index is 547. The van der Waals surface area contributed by atoms with E-state index < -0.39 is 0 Å². The maximum atomic E-state index is 6.07. The monoisotopic (exact) mass is 292 g/mol. The topological polar surface area (TPSA) is 44.2 Å². The highest BCUT2D eigenvalue weighted by Gasteiger charge is 2.14. The third kappa shape index (κ3) is 3.84. The molecular weight excluding hydrogens is 276 g/mol. The molecule has 5 heteroatoms. The average molecular weight is 293 g/mol. The summed E-state index contributed by atoms with van der Waals surface area (Å²) < 4.78 is 11.2. The van der Waals surface area contributed by atoms with Gasteiger partial charge in [-0.15, -0.1) is 0 Å². The van der Waals surface area contributed by atoms with Gasteiger partial charge in [-0.25, -0.2) is 9.97 Å². The molecule has 20 heavy (non-hydrogen) atoms. The van der Waals surface area contributed by atoms with Crippen LogP contribution in [-0.4, -0.2) is 23.2 Å². The van der Waals surface area contributed by atoms with E-state index in [1.807, 2.05) is 44.2 Å². The van der Waals surface area contributed by atoms with Crippen molar-refractivity contribution in [2.24, 2.45) is 0 Å². The van der Waals surface area contributed by atoms with E-state index in [1.165, 1.54) is 6.33 Å². The number of halogens is 1. The van der Waals surface area contributed by atoms with Crippen LogP contribution in [-0.2, 0) is 0 Å². The molecule has 0 saturated carbocycles. The minimum atomic E-state index is 0.203. The summed E-state index contributed by atoms with van der Waals surface area (Å²) in [5.74, 6) is 1.55. The van der Waals surface area contributed by atoms with Gasteiger partial charge in [0.2, 0.25) is 5.88 Å². The normalized spacial score (nSPS) is 10.6. The van der Waals surface area contributed by atoms with Gasteiger partial charge >= 0.3 is 0 Å². The molecule has 4 nitrogen and oxygen atoms in total. The molecule has 0 bridgehead atoms. The van der Waals surface area contributed by atoms with Crippen molar-refractivity contribution in [3.8, 4) is 11.6 Å². The van der Waals surface area contributed by atoms with Crippen LogP contribution in [0.4, 0.5) is 0 Å². The van der Waals surface area contributed by atoms with Crippen molar-refractivity contribution in [1.29, 1.82) is 0 Å². The van der Waals surface area contributed by atoms with E-state index in [2.05, 4.69) is 9.97 Å². The number of para-hydroxylation sites is 1. The number of nitrogens with zero attached hydrogens (tertiary/aromatic N) is 2. The van der Waals surface area contributed by atoms with Crippen molar-refractivity contribution in [1.82, 2.24) is 9.97 Å². The summed E-state index contributed by atoms with van der Waals surface area (Å²) in [6.45, 7) is 4.90. The van der Waals surface area contributed by atoms with Crippen LogP contribution in [0, 0.1) is 0 Å². The summed E-state index contributed by atoms with van der Waals surface area (Å²) in [6.07, 6.45) is 1.40. The second kappa shape index (κ2) is 7.10. The maximum absolute atomic E-state index is 6.07. The molecule has 0 unspecified atom stereocenters. The largest absolute Gasteiger partial charge is 0.490 e. The molecule has 0 aliphatic carbocycles. The Morgan fingerprint density at radius 2 is 1.75 bits per heavy atom. The van der Waals surface area contributed by atoms with Crippen LogP contribution in [0.3, 0.4) is 0 Å². The first-order chi connectivity index (χ1) is 9.68. The van der Waals surface area contributed by atoms with Gasteiger partial charge in [0.15, 0.2) is 0 Å². The summed E-state index contributed by atoms with van der Waals surface area (Å²) in [6, 6.07) is 9.61. The Morgan fingerprint density at radius 3 is 2.45 bits per heavy atom. The van der Waals surface area contributed by atoms with Crippen LogP contribution < -0.4 is 9.47 Å². The molecular formula is C15H17ClN2O2. The minimum absolute atomic E-state index is 0.203. The van der Waals surface area contributed by atoms with Crippen LogP contribution in [0.2, 0.25) is 5.15 Å². The third-order valence-electron chi connectivity index (χ3n) is 2.71. The molecule has 0 radical (unpaired) electrons. The molecule has 1 aromatic carbocycles. The molecule has 0 N–H and O–H groups in total. The zero-order valence-corrected chi connectivity index (χ0v) is 12.3. The Morgan fingerprint density at radius 1 is 1.05 bits per heavy atom. The zero-order chi connectivity index (χ0) is 14.4. The smallest absolute Gasteiger partial charge is 0.221 e. The summed E-state index contributed by atoms with van der Waals surface area (Å²) in [5.41, 5.74) is 0.828. The van der Waals surface area contributed by atoms with Gasteiger partial charge in [0, 0.05) is 0 Å². The Kier molecular flexibility index (Phi) is 5.18. The fourth-order valence-corrected chi connectivity index (χ4v) is 2.12. The molecule has 0 fully saturated rings. The van der Waals surface area contributed by atoms with E-state index in [4.69, 9.17) is 21.1 Å². The van der Waals surface area contributed by atoms with Gasteiger partial charge in [-0.05, 0) is 18.1 Å². The Labute approximate surface area is 123 Å². The molecule has 1 aromatic heterocycles. The summed E-state index contributed by atoms with van der Waals surface area (Å²) in [7, 11) is 0. The lowest BCUT2D eigenvalue weighted by Gasteiger charge is -2.13. The lowest BCUT2D eigenvalue weighted by molar-refractivity contribution is 0.210. The van der Waals surface area contributed by atoms with Crippen molar-refractivity contribution in [2.45, 2.75) is 19.8 Å². The SMILES string of the molecule is CC(C)c1c(Cl)ncnc1OCCOc1ccccc1. The molecule has 2 aromatic rings. The van der Waals surface area contributed by atoms with Crippen LogP contribution in [0.5, 0.6) is 11.6 Å². The molecule has 0 spiro atoms. The lowest BCUT2D eigenvalue weighted by atomic mass is 10.1. The number of hydrogen-bond donors (Lipinski definition) is 0. The van der Waals surface area contributed by atoms with Crippen molar-refractivity contribution >= 4 is 11.6 Å². The van der Waals surface area contributed by atoms with Gasteiger partial charge < -0.3 is 9.47 Å². The minimum Gasteiger partial charge on any atom is -0.490 e. The van der Waals surface area contributed by atoms with Crippen molar-refractivity contribution in [3.05, 3.63) is 47.4 Å². The predicted molar refractivity (Wildman–Crippen MR) is 78.6 cm³/mol. The van der Waals surface area contributed by atoms with Gasteiger partial charge in [-0.3, -0.25) is 0 Å². The first-order valence-corrected chi connectivity index (χ1v) is 6.87. The van der Waals surface area contributed by atoms with E-state index >= 15 is 0 Å². The summed E-state index contributed by atoms with van der Waals surface area (Å²) in [5, 5.41) is 0.439. The van der Waals surface area contributed by atoms with E-state index in [9.17, 15) is 0 Å². The zero-order valence-electron chi connectivity index (χ0n) is 11.5. The highest BCUT2D eigenvalue weighted by Crippen LogP contribution is 2.29. The summed E-state index contributed by atoms with van der Waals surface area (Å²) >= 11 is 6.07. The van der Waals surface area contributed by atoms with Crippen molar-refractivity contribution < 1.29 is 9.47 Å². The van der Waals surface area contributed by atoms with E-state index in [1.54, 1.807) is 0 Å². The third-order valence-corrected chi connectivity index (χ3v) is 3.01. The number of hydrogen-bond acceptors (Lipinski definition) is 4. The average Bonchev–Trinajstić information content (AvgIpc) is 2.44. The van der Waals surface area contributed by atoms with Gasteiger partial charge in [0.25, 0.3) is 0 Å². The van der Waals surface area contributed by atoms with Crippen LogP contribution in [0.15, 0.2) is 36.7 Å². The fraction of sp³-hybridized carbons (Fsp3) is 0.333. The molecule has 0 atom stereocenters. The highest BCUT2D eigenvalue weighted by atomic mass is 35.5. The molecule has 0 aliphatic rings. The molecule has 2 rings (SSSR count). The van der Waals surface area contributed by atoms with Crippen molar-refractivity contribution in [2.75, 3.05) is 13.2 Å². The van der Waals surface area contributed by atoms with Crippen LogP contribution >= 0.6 is 11.6 Å². The molecule has 0 aliphatic heterocycles. The fourth-order valence-electron chi connectivity index (χ4n) is 1.77. The predicted octanol–water partition coefficient (Wildman–Crippen LogP) is 3.71. The number of aromatic nitrogens is 2.